The van der Waals surface area contributed by atoms with E-state index in [4.69, 9.17) is 11.5 Å². The van der Waals surface area contributed by atoms with E-state index in [1.165, 1.54) is 5.56 Å². The second kappa shape index (κ2) is 4.85. The Kier molecular flexibility index (Phi) is 3.70. The first-order valence-electron chi connectivity index (χ1n) is 4.18. The molecule has 1 heterocycles. The average Bonchev–Trinajstić information content (AvgIpc) is 2.15. The third kappa shape index (κ3) is 2.29. The molecule has 1 rings (SSSR count). The summed E-state index contributed by atoms with van der Waals surface area (Å²) in [6, 6.07) is 3.97. The van der Waals surface area contributed by atoms with Gasteiger partial charge in [0.15, 0.2) is 0 Å². The zero-order valence-corrected chi connectivity index (χ0v) is 7.11. The first-order valence-corrected chi connectivity index (χ1v) is 4.18. The molecule has 0 bridgehead atoms. The number of hydrogen-bond donors (Lipinski definition) is 2. The Bertz CT molecular complexity index is 210. The normalized spacial score (nSPS) is 12.8. The molecule has 66 valence electrons. The molecule has 1 aromatic heterocycles. The Hall–Kier alpha value is -0.930. The highest BCUT2D eigenvalue weighted by molar-refractivity contribution is 5.14. The van der Waals surface area contributed by atoms with Crippen molar-refractivity contribution in [1.82, 2.24) is 4.98 Å². The summed E-state index contributed by atoms with van der Waals surface area (Å²) < 4.78 is 0. The maximum atomic E-state index is 5.61. The van der Waals surface area contributed by atoms with Crippen LogP contribution < -0.4 is 11.5 Å². The number of pyridine rings is 1. The van der Waals surface area contributed by atoms with E-state index in [0.717, 1.165) is 6.42 Å². The van der Waals surface area contributed by atoms with Gasteiger partial charge < -0.3 is 11.5 Å². The van der Waals surface area contributed by atoms with Crippen LogP contribution in [0, 0.1) is 0 Å². The summed E-state index contributed by atoms with van der Waals surface area (Å²) in [6.07, 6.45) is 4.55. The molecular formula is C9H15N3. The molecule has 12 heavy (non-hydrogen) atoms. The maximum absolute atomic E-state index is 5.61. The van der Waals surface area contributed by atoms with E-state index >= 15 is 0 Å². The summed E-state index contributed by atoms with van der Waals surface area (Å²) in [5, 5.41) is 0. The van der Waals surface area contributed by atoms with Crippen LogP contribution in [0.2, 0.25) is 0 Å². The minimum absolute atomic E-state index is 0.365. The van der Waals surface area contributed by atoms with E-state index < -0.39 is 0 Å². The van der Waals surface area contributed by atoms with Crippen molar-refractivity contribution < 1.29 is 0 Å². The molecule has 0 fully saturated rings. The lowest BCUT2D eigenvalue weighted by molar-refractivity contribution is 0.640. The van der Waals surface area contributed by atoms with E-state index in [0.29, 0.717) is 19.0 Å². The topological polar surface area (TPSA) is 64.9 Å². The monoisotopic (exact) mass is 165 g/mol. The van der Waals surface area contributed by atoms with Crippen molar-refractivity contribution in [3.8, 4) is 0 Å². The highest BCUT2D eigenvalue weighted by Gasteiger charge is 2.07. The smallest absolute Gasteiger partial charge is 0.0303 e. The highest BCUT2D eigenvalue weighted by atomic mass is 14.6. The average molecular weight is 165 g/mol. The van der Waals surface area contributed by atoms with Gasteiger partial charge in [-0.05, 0) is 37.1 Å². The molecule has 0 aliphatic heterocycles. The fraction of sp³-hybridized carbons (Fsp3) is 0.444. The second-order valence-electron chi connectivity index (χ2n) is 2.80. The molecule has 0 spiro atoms. The Morgan fingerprint density at radius 1 is 1.42 bits per heavy atom. The van der Waals surface area contributed by atoms with Crippen LogP contribution in [-0.2, 0) is 0 Å². The molecule has 4 N–H and O–H groups in total. The number of hydrogen-bond acceptors (Lipinski definition) is 3. The summed E-state index contributed by atoms with van der Waals surface area (Å²) in [5.41, 5.74) is 12.3. The summed E-state index contributed by atoms with van der Waals surface area (Å²) in [4.78, 5) is 4.04. The van der Waals surface area contributed by atoms with E-state index in [-0.39, 0.29) is 0 Å². The molecule has 0 radical (unpaired) electrons. The Morgan fingerprint density at radius 3 is 2.75 bits per heavy atom. The van der Waals surface area contributed by atoms with Crippen molar-refractivity contribution >= 4 is 0 Å². The van der Waals surface area contributed by atoms with E-state index in [1.807, 2.05) is 18.3 Å². The summed E-state index contributed by atoms with van der Waals surface area (Å²) in [5.74, 6) is 0.365. The van der Waals surface area contributed by atoms with Crippen LogP contribution in [0.5, 0.6) is 0 Å². The lowest BCUT2D eigenvalue weighted by Crippen LogP contribution is -2.16. The fourth-order valence-corrected chi connectivity index (χ4v) is 1.24. The van der Waals surface area contributed by atoms with E-state index in [1.54, 1.807) is 6.20 Å². The van der Waals surface area contributed by atoms with Crippen molar-refractivity contribution in [2.45, 2.75) is 12.3 Å². The van der Waals surface area contributed by atoms with E-state index in [9.17, 15) is 0 Å². The molecule has 0 aromatic carbocycles. The largest absolute Gasteiger partial charge is 0.330 e. The van der Waals surface area contributed by atoms with Gasteiger partial charge in [0.1, 0.15) is 0 Å². The number of rotatable bonds is 4. The number of aromatic nitrogens is 1. The minimum atomic E-state index is 0.365. The molecule has 1 aromatic rings. The Labute approximate surface area is 72.8 Å². The summed E-state index contributed by atoms with van der Waals surface area (Å²) in [6.45, 7) is 1.32. The van der Waals surface area contributed by atoms with Gasteiger partial charge in [0.05, 0.1) is 0 Å². The molecule has 1 unspecified atom stereocenters. The Balaban J connectivity index is 2.66. The molecule has 1 atom stereocenters. The maximum Gasteiger partial charge on any atom is 0.0303 e. The van der Waals surface area contributed by atoms with E-state index in [2.05, 4.69) is 4.98 Å². The zero-order valence-electron chi connectivity index (χ0n) is 7.11. The Morgan fingerprint density at radius 2 is 2.25 bits per heavy atom. The zero-order chi connectivity index (χ0) is 8.81. The molecular weight excluding hydrogens is 150 g/mol. The van der Waals surface area contributed by atoms with Crippen LogP contribution in [-0.4, -0.2) is 18.1 Å². The van der Waals surface area contributed by atoms with Crippen LogP contribution in [0.4, 0.5) is 0 Å². The van der Waals surface area contributed by atoms with Crippen LogP contribution >= 0.6 is 0 Å². The predicted octanol–water partition coefficient (Wildman–Crippen LogP) is 0.473. The van der Waals surface area contributed by atoms with Crippen molar-refractivity contribution in [2.24, 2.45) is 11.5 Å². The SMILES string of the molecule is NCCC(CN)c1cccnc1. The predicted molar refractivity (Wildman–Crippen MR) is 49.7 cm³/mol. The molecule has 0 aliphatic carbocycles. The van der Waals surface area contributed by atoms with Crippen molar-refractivity contribution in [3.63, 3.8) is 0 Å². The second-order valence-corrected chi connectivity index (χ2v) is 2.80. The summed E-state index contributed by atoms with van der Waals surface area (Å²) >= 11 is 0. The van der Waals surface area contributed by atoms with Crippen molar-refractivity contribution in [3.05, 3.63) is 30.1 Å². The first kappa shape index (κ1) is 9.16. The third-order valence-corrected chi connectivity index (χ3v) is 1.96. The van der Waals surface area contributed by atoms with Crippen LogP contribution in [0.3, 0.4) is 0 Å². The molecule has 0 saturated heterocycles. The standard InChI is InChI=1S/C9H15N3/c10-4-3-8(6-11)9-2-1-5-12-7-9/h1-2,5,7-8H,3-4,6,10-11H2. The third-order valence-electron chi connectivity index (χ3n) is 1.96. The van der Waals surface area contributed by atoms with Gasteiger partial charge in [-0.15, -0.1) is 0 Å². The van der Waals surface area contributed by atoms with Crippen molar-refractivity contribution in [2.75, 3.05) is 13.1 Å². The highest BCUT2D eigenvalue weighted by Crippen LogP contribution is 2.15. The van der Waals surface area contributed by atoms with Crippen LogP contribution in [0.1, 0.15) is 17.9 Å². The quantitative estimate of drug-likeness (QED) is 0.681. The van der Waals surface area contributed by atoms with Crippen LogP contribution in [0.15, 0.2) is 24.5 Å². The molecule has 0 aliphatic rings. The number of nitrogens with two attached hydrogens (primary N) is 2. The number of nitrogens with zero attached hydrogens (tertiary/aromatic N) is 1. The lowest BCUT2D eigenvalue weighted by Gasteiger charge is -2.12. The van der Waals surface area contributed by atoms with Crippen molar-refractivity contribution in [1.29, 1.82) is 0 Å². The van der Waals surface area contributed by atoms with Gasteiger partial charge in [-0.3, -0.25) is 4.98 Å². The van der Waals surface area contributed by atoms with Gasteiger partial charge in [0, 0.05) is 12.4 Å². The van der Waals surface area contributed by atoms with Gasteiger partial charge in [-0.25, -0.2) is 0 Å². The fourth-order valence-electron chi connectivity index (χ4n) is 1.24. The van der Waals surface area contributed by atoms with Gasteiger partial charge in [-0.2, -0.15) is 0 Å². The first-order chi connectivity index (χ1) is 5.88. The van der Waals surface area contributed by atoms with Gasteiger partial charge in [0.2, 0.25) is 0 Å². The van der Waals surface area contributed by atoms with Crippen LogP contribution in [0.25, 0.3) is 0 Å². The minimum Gasteiger partial charge on any atom is -0.330 e. The van der Waals surface area contributed by atoms with Gasteiger partial charge in [-0.1, -0.05) is 6.07 Å². The molecule has 3 nitrogen and oxygen atoms in total. The molecule has 0 saturated carbocycles. The van der Waals surface area contributed by atoms with Gasteiger partial charge >= 0.3 is 0 Å². The summed E-state index contributed by atoms with van der Waals surface area (Å²) in [7, 11) is 0. The molecule has 3 heteroatoms. The lowest BCUT2D eigenvalue weighted by atomic mass is 9.98. The molecule has 0 amide bonds. The van der Waals surface area contributed by atoms with Gasteiger partial charge in [0.25, 0.3) is 0 Å².